The van der Waals surface area contributed by atoms with Crippen LogP contribution in [0.15, 0.2) is 30.6 Å². The zero-order valence-corrected chi connectivity index (χ0v) is 8.38. The van der Waals surface area contributed by atoms with E-state index in [2.05, 4.69) is 9.97 Å². The van der Waals surface area contributed by atoms with Gasteiger partial charge in [-0.05, 0) is 12.1 Å². The number of nitrogens with zero attached hydrogens (tertiary/aromatic N) is 1. The van der Waals surface area contributed by atoms with Gasteiger partial charge in [-0.3, -0.25) is 0 Å². The molecule has 0 amide bonds. The van der Waals surface area contributed by atoms with Crippen molar-refractivity contribution in [2.24, 2.45) is 0 Å². The van der Waals surface area contributed by atoms with Gasteiger partial charge in [-0.2, -0.15) is 0 Å². The minimum atomic E-state index is 0.574. The highest BCUT2D eigenvalue weighted by molar-refractivity contribution is 6.34. The van der Waals surface area contributed by atoms with Gasteiger partial charge in [0.15, 0.2) is 0 Å². The molecule has 0 saturated heterocycles. The Morgan fingerprint density at radius 1 is 1.43 bits per heavy atom. The molecule has 0 bridgehead atoms. The van der Waals surface area contributed by atoms with Crippen LogP contribution < -0.4 is 4.74 Å². The Bertz CT molecular complexity index is 426. The lowest BCUT2D eigenvalue weighted by Crippen LogP contribution is -1.87. The van der Waals surface area contributed by atoms with Crippen LogP contribution in [0.4, 0.5) is 0 Å². The zero-order valence-electron chi connectivity index (χ0n) is 7.62. The first-order chi connectivity index (χ1) is 6.83. The van der Waals surface area contributed by atoms with E-state index in [9.17, 15) is 0 Å². The van der Waals surface area contributed by atoms with Gasteiger partial charge >= 0.3 is 0 Å². The van der Waals surface area contributed by atoms with Crippen molar-refractivity contribution in [3.63, 3.8) is 0 Å². The monoisotopic (exact) mass is 208 g/mol. The second kappa shape index (κ2) is 3.72. The average Bonchev–Trinajstić information content (AvgIpc) is 2.71. The maximum absolute atomic E-state index is 6.12. The van der Waals surface area contributed by atoms with Crippen LogP contribution in [0.3, 0.4) is 0 Å². The molecule has 14 heavy (non-hydrogen) atoms. The van der Waals surface area contributed by atoms with E-state index in [4.69, 9.17) is 16.3 Å². The Kier molecular flexibility index (Phi) is 2.41. The molecular weight excluding hydrogens is 200 g/mol. The fraction of sp³-hybridized carbons (Fsp3) is 0.100. The lowest BCUT2D eigenvalue weighted by Gasteiger charge is -2.05. The van der Waals surface area contributed by atoms with Crippen molar-refractivity contribution in [1.82, 2.24) is 9.97 Å². The number of methoxy groups -OCH3 is 1. The van der Waals surface area contributed by atoms with E-state index < -0.39 is 0 Å². The zero-order chi connectivity index (χ0) is 9.97. The van der Waals surface area contributed by atoms with Crippen molar-refractivity contribution in [2.45, 2.75) is 0 Å². The Labute approximate surface area is 86.7 Å². The number of halogens is 1. The summed E-state index contributed by atoms with van der Waals surface area (Å²) < 4.78 is 5.11. The van der Waals surface area contributed by atoms with E-state index in [1.165, 1.54) is 0 Å². The molecule has 4 heteroatoms. The number of ether oxygens (including phenoxy) is 1. The highest BCUT2D eigenvalue weighted by atomic mass is 35.5. The summed E-state index contributed by atoms with van der Waals surface area (Å²) in [5.41, 5.74) is 0.844. The summed E-state index contributed by atoms with van der Waals surface area (Å²) in [4.78, 5) is 7.12. The number of hydrogen-bond donors (Lipinski definition) is 1. The molecule has 72 valence electrons. The quantitative estimate of drug-likeness (QED) is 0.824. The van der Waals surface area contributed by atoms with Gasteiger partial charge in [0, 0.05) is 18.0 Å². The molecule has 0 unspecified atom stereocenters. The topological polar surface area (TPSA) is 37.9 Å². The van der Waals surface area contributed by atoms with Crippen LogP contribution >= 0.6 is 11.6 Å². The molecule has 0 spiro atoms. The van der Waals surface area contributed by atoms with Crippen LogP contribution in [0.25, 0.3) is 11.4 Å². The highest BCUT2D eigenvalue weighted by Crippen LogP contribution is 2.33. The summed E-state index contributed by atoms with van der Waals surface area (Å²) in [7, 11) is 1.59. The summed E-state index contributed by atoms with van der Waals surface area (Å²) in [6, 6.07) is 5.58. The maximum Gasteiger partial charge on any atom is 0.138 e. The SMILES string of the molecule is COc1cccc(-c2ncc[nH]2)c1Cl. The molecule has 0 aliphatic rings. The molecule has 0 saturated carbocycles. The first-order valence-corrected chi connectivity index (χ1v) is 4.53. The molecule has 1 aromatic heterocycles. The summed E-state index contributed by atoms with van der Waals surface area (Å²) in [5, 5.41) is 0.574. The van der Waals surface area contributed by atoms with Crippen LogP contribution in [0.1, 0.15) is 0 Å². The standard InChI is InChI=1S/C10H9ClN2O/c1-14-8-4-2-3-7(9(8)11)10-12-5-6-13-10/h2-6H,1H3,(H,12,13). The average molecular weight is 209 g/mol. The highest BCUT2D eigenvalue weighted by Gasteiger charge is 2.09. The van der Waals surface area contributed by atoms with Crippen LogP contribution in [-0.4, -0.2) is 17.1 Å². The van der Waals surface area contributed by atoms with Crippen molar-refractivity contribution >= 4 is 11.6 Å². The maximum atomic E-state index is 6.12. The van der Waals surface area contributed by atoms with Gasteiger partial charge < -0.3 is 9.72 Å². The van der Waals surface area contributed by atoms with Crippen LogP contribution in [0.5, 0.6) is 5.75 Å². The smallest absolute Gasteiger partial charge is 0.138 e. The summed E-state index contributed by atoms with van der Waals surface area (Å²) in [6.45, 7) is 0. The number of aromatic amines is 1. The van der Waals surface area contributed by atoms with E-state index in [0.717, 1.165) is 11.4 Å². The van der Waals surface area contributed by atoms with Crippen molar-refractivity contribution in [1.29, 1.82) is 0 Å². The van der Waals surface area contributed by atoms with Gasteiger partial charge in [-0.25, -0.2) is 4.98 Å². The molecule has 2 aromatic rings. The number of aromatic nitrogens is 2. The largest absolute Gasteiger partial charge is 0.495 e. The number of benzene rings is 1. The Morgan fingerprint density at radius 3 is 2.93 bits per heavy atom. The minimum absolute atomic E-state index is 0.574. The molecule has 2 rings (SSSR count). The van der Waals surface area contributed by atoms with Gasteiger partial charge in [0.25, 0.3) is 0 Å². The lowest BCUT2D eigenvalue weighted by molar-refractivity contribution is 0.415. The predicted octanol–water partition coefficient (Wildman–Crippen LogP) is 2.74. The second-order valence-electron chi connectivity index (χ2n) is 2.76. The van der Waals surface area contributed by atoms with E-state index >= 15 is 0 Å². The van der Waals surface area contributed by atoms with E-state index in [1.807, 2.05) is 18.2 Å². The third-order valence-corrected chi connectivity index (χ3v) is 2.33. The third kappa shape index (κ3) is 1.46. The first-order valence-electron chi connectivity index (χ1n) is 4.15. The van der Waals surface area contributed by atoms with Gasteiger partial charge in [-0.1, -0.05) is 17.7 Å². The summed E-state index contributed by atoms with van der Waals surface area (Å²) in [5.74, 6) is 1.40. The third-order valence-electron chi connectivity index (χ3n) is 1.94. The van der Waals surface area contributed by atoms with Crippen molar-refractivity contribution < 1.29 is 4.74 Å². The Hall–Kier alpha value is -1.48. The minimum Gasteiger partial charge on any atom is -0.495 e. The lowest BCUT2D eigenvalue weighted by atomic mass is 10.2. The van der Waals surface area contributed by atoms with E-state index in [1.54, 1.807) is 19.5 Å². The molecule has 0 atom stereocenters. The van der Waals surface area contributed by atoms with Crippen molar-refractivity contribution in [3.8, 4) is 17.1 Å². The van der Waals surface area contributed by atoms with E-state index in [-0.39, 0.29) is 0 Å². The molecule has 1 heterocycles. The Balaban J connectivity index is 2.54. The van der Waals surface area contributed by atoms with Crippen LogP contribution in [0, 0.1) is 0 Å². The second-order valence-corrected chi connectivity index (χ2v) is 3.14. The summed E-state index contributed by atoms with van der Waals surface area (Å²) in [6.07, 6.45) is 3.44. The summed E-state index contributed by atoms with van der Waals surface area (Å²) >= 11 is 6.12. The molecular formula is C10H9ClN2O. The van der Waals surface area contributed by atoms with Gasteiger partial charge in [0.1, 0.15) is 11.6 Å². The molecule has 0 aliphatic carbocycles. The fourth-order valence-corrected chi connectivity index (χ4v) is 1.56. The number of nitrogens with one attached hydrogen (secondary N) is 1. The van der Waals surface area contributed by atoms with Crippen molar-refractivity contribution in [3.05, 3.63) is 35.6 Å². The van der Waals surface area contributed by atoms with Crippen LogP contribution in [0.2, 0.25) is 5.02 Å². The molecule has 1 N–H and O–H groups in total. The molecule has 1 aromatic carbocycles. The first kappa shape index (κ1) is 9.09. The van der Waals surface area contributed by atoms with E-state index in [0.29, 0.717) is 10.8 Å². The molecule has 0 radical (unpaired) electrons. The molecule has 0 aliphatic heterocycles. The number of rotatable bonds is 2. The number of H-pyrrole nitrogens is 1. The molecule has 0 fully saturated rings. The normalized spacial score (nSPS) is 10.1. The van der Waals surface area contributed by atoms with Gasteiger partial charge in [0.2, 0.25) is 0 Å². The Morgan fingerprint density at radius 2 is 2.29 bits per heavy atom. The van der Waals surface area contributed by atoms with Crippen molar-refractivity contribution in [2.75, 3.05) is 7.11 Å². The van der Waals surface area contributed by atoms with Crippen LogP contribution in [-0.2, 0) is 0 Å². The van der Waals surface area contributed by atoms with Gasteiger partial charge in [0.05, 0.1) is 12.1 Å². The number of imidazole rings is 1. The predicted molar refractivity (Wildman–Crippen MR) is 55.6 cm³/mol. The number of hydrogen-bond acceptors (Lipinski definition) is 2. The fourth-order valence-electron chi connectivity index (χ4n) is 1.26. The van der Waals surface area contributed by atoms with Gasteiger partial charge in [-0.15, -0.1) is 0 Å². The molecule has 3 nitrogen and oxygen atoms in total.